The monoisotopic (exact) mass is 303 g/mol. The zero-order valence-corrected chi connectivity index (χ0v) is 11.3. The molecule has 9 heteroatoms. The molecule has 0 atom stereocenters. The lowest BCUT2D eigenvalue weighted by molar-refractivity contribution is -0.144. The number of anilines is 2. The number of likely N-dealkylation sites (tertiary alicyclic amines) is 1. The van der Waals surface area contributed by atoms with Gasteiger partial charge in [-0.05, 0) is 12.8 Å². The molecule has 3 N–H and O–H groups in total. The molecule has 116 valence electrons. The molecular formula is C12H16F3N5O. The topological polar surface area (TPSA) is 84.1 Å². The summed E-state index contributed by atoms with van der Waals surface area (Å²) in [6.07, 6.45) is -2.46. The van der Waals surface area contributed by atoms with Gasteiger partial charge in [0.15, 0.2) is 0 Å². The van der Waals surface area contributed by atoms with Crippen molar-refractivity contribution in [1.29, 1.82) is 0 Å². The second-order valence-electron chi connectivity index (χ2n) is 4.76. The highest BCUT2D eigenvalue weighted by Gasteiger charge is 2.35. The van der Waals surface area contributed by atoms with Gasteiger partial charge in [0, 0.05) is 32.1 Å². The zero-order chi connectivity index (χ0) is 15.5. The highest BCUT2D eigenvalue weighted by atomic mass is 19.4. The molecule has 1 aromatic rings. The van der Waals surface area contributed by atoms with Crippen LogP contribution in [0.5, 0.6) is 0 Å². The van der Waals surface area contributed by atoms with E-state index in [1.807, 2.05) is 0 Å². The standard InChI is InChI=1S/C12H16F3N5O/c13-12(14,15)11-18-8(16)7-9(19-11)17-4-3-10(21)20-5-1-2-6-20/h7H,1-6H2,(H3,16,17,18,19). The number of hydrogen-bond donors (Lipinski definition) is 2. The average molecular weight is 303 g/mol. The fourth-order valence-electron chi connectivity index (χ4n) is 2.11. The summed E-state index contributed by atoms with van der Waals surface area (Å²) in [5.41, 5.74) is 5.32. The van der Waals surface area contributed by atoms with Crippen LogP contribution in [0.4, 0.5) is 24.8 Å². The maximum absolute atomic E-state index is 12.5. The first-order valence-corrected chi connectivity index (χ1v) is 6.59. The van der Waals surface area contributed by atoms with Crippen molar-refractivity contribution in [2.24, 2.45) is 0 Å². The quantitative estimate of drug-likeness (QED) is 0.880. The number of halogens is 3. The highest BCUT2D eigenvalue weighted by molar-refractivity contribution is 5.76. The van der Waals surface area contributed by atoms with E-state index in [9.17, 15) is 18.0 Å². The SMILES string of the molecule is Nc1cc(NCCC(=O)N2CCCC2)nc(C(F)(F)F)n1. The molecule has 6 nitrogen and oxygen atoms in total. The zero-order valence-electron chi connectivity index (χ0n) is 11.3. The lowest BCUT2D eigenvalue weighted by atomic mass is 10.3. The van der Waals surface area contributed by atoms with Crippen LogP contribution in [0.2, 0.25) is 0 Å². The van der Waals surface area contributed by atoms with Crippen LogP contribution in [0.1, 0.15) is 25.1 Å². The van der Waals surface area contributed by atoms with Crippen molar-refractivity contribution in [1.82, 2.24) is 14.9 Å². The van der Waals surface area contributed by atoms with Crippen LogP contribution in [-0.4, -0.2) is 40.4 Å². The molecule has 1 aliphatic heterocycles. The van der Waals surface area contributed by atoms with Gasteiger partial charge in [-0.15, -0.1) is 0 Å². The summed E-state index contributed by atoms with van der Waals surface area (Å²) in [5, 5.41) is 2.67. The van der Waals surface area contributed by atoms with E-state index in [0.29, 0.717) is 0 Å². The number of nitrogens with two attached hydrogens (primary N) is 1. The second-order valence-corrected chi connectivity index (χ2v) is 4.76. The fourth-order valence-corrected chi connectivity index (χ4v) is 2.11. The van der Waals surface area contributed by atoms with Gasteiger partial charge in [-0.25, -0.2) is 9.97 Å². The van der Waals surface area contributed by atoms with Crippen molar-refractivity contribution in [2.75, 3.05) is 30.7 Å². The van der Waals surface area contributed by atoms with E-state index in [2.05, 4.69) is 15.3 Å². The molecule has 1 aromatic heterocycles. The maximum Gasteiger partial charge on any atom is 0.451 e. The van der Waals surface area contributed by atoms with E-state index in [4.69, 9.17) is 5.73 Å². The van der Waals surface area contributed by atoms with Crippen LogP contribution >= 0.6 is 0 Å². The Balaban J connectivity index is 1.91. The van der Waals surface area contributed by atoms with Crippen molar-refractivity contribution >= 4 is 17.5 Å². The van der Waals surface area contributed by atoms with E-state index in [-0.39, 0.29) is 30.5 Å². The van der Waals surface area contributed by atoms with E-state index < -0.39 is 12.0 Å². The molecule has 1 saturated heterocycles. The van der Waals surface area contributed by atoms with Crippen molar-refractivity contribution in [3.05, 3.63) is 11.9 Å². The van der Waals surface area contributed by atoms with Crippen LogP contribution in [0.15, 0.2) is 6.07 Å². The molecule has 0 aliphatic carbocycles. The van der Waals surface area contributed by atoms with Gasteiger partial charge in [-0.1, -0.05) is 0 Å². The van der Waals surface area contributed by atoms with E-state index in [0.717, 1.165) is 25.9 Å². The molecule has 2 rings (SSSR count). The molecule has 0 saturated carbocycles. The number of aromatic nitrogens is 2. The lowest BCUT2D eigenvalue weighted by Gasteiger charge is -2.15. The average Bonchev–Trinajstić information content (AvgIpc) is 2.90. The van der Waals surface area contributed by atoms with Crippen LogP contribution < -0.4 is 11.1 Å². The summed E-state index contributed by atoms with van der Waals surface area (Å²) in [4.78, 5) is 20.0. The molecule has 0 bridgehead atoms. The predicted molar refractivity (Wildman–Crippen MR) is 70.4 cm³/mol. The first kappa shape index (κ1) is 15.3. The van der Waals surface area contributed by atoms with Gasteiger partial charge in [0.05, 0.1) is 0 Å². The lowest BCUT2D eigenvalue weighted by Crippen LogP contribution is -2.29. The van der Waals surface area contributed by atoms with Crippen molar-refractivity contribution < 1.29 is 18.0 Å². The van der Waals surface area contributed by atoms with Crippen LogP contribution in [-0.2, 0) is 11.0 Å². The summed E-state index contributed by atoms with van der Waals surface area (Å²) in [6.45, 7) is 1.69. The minimum atomic E-state index is -4.66. The normalized spacial score (nSPS) is 15.3. The Kier molecular flexibility index (Phi) is 4.49. The van der Waals surface area contributed by atoms with Crippen LogP contribution in [0, 0.1) is 0 Å². The van der Waals surface area contributed by atoms with Gasteiger partial charge in [-0.2, -0.15) is 13.2 Å². The molecule has 0 unspecified atom stereocenters. The number of carbonyl (C=O) groups is 1. The molecule has 0 aromatic carbocycles. The van der Waals surface area contributed by atoms with E-state index in [1.54, 1.807) is 4.90 Å². The molecule has 21 heavy (non-hydrogen) atoms. The molecule has 0 spiro atoms. The third-order valence-electron chi connectivity index (χ3n) is 3.10. The minimum Gasteiger partial charge on any atom is -0.384 e. The maximum atomic E-state index is 12.5. The summed E-state index contributed by atoms with van der Waals surface area (Å²) in [7, 11) is 0. The van der Waals surface area contributed by atoms with Crippen molar-refractivity contribution in [3.63, 3.8) is 0 Å². The van der Waals surface area contributed by atoms with Crippen molar-refractivity contribution in [2.45, 2.75) is 25.4 Å². The largest absolute Gasteiger partial charge is 0.451 e. The summed E-state index contributed by atoms with van der Waals surface area (Å²) in [5.74, 6) is -1.62. The second kappa shape index (κ2) is 6.15. The minimum absolute atomic E-state index is 0.0157. The van der Waals surface area contributed by atoms with Crippen LogP contribution in [0.3, 0.4) is 0 Å². The molecule has 1 fully saturated rings. The molecule has 1 aliphatic rings. The number of nitrogen functional groups attached to an aromatic ring is 1. The summed E-state index contributed by atoms with van der Waals surface area (Å²) >= 11 is 0. The Labute approximate surface area is 119 Å². The number of nitrogens with zero attached hydrogens (tertiary/aromatic N) is 3. The number of amides is 1. The van der Waals surface area contributed by atoms with Gasteiger partial charge in [0.25, 0.3) is 0 Å². The smallest absolute Gasteiger partial charge is 0.384 e. The fraction of sp³-hybridized carbons (Fsp3) is 0.583. The molecule has 1 amide bonds. The predicted octanol–water partition coefficient (Wildman–Crippen LogP) is 1.50. The Morgan fingerprint density at radius 2 is 2.00 bits per heavy atom. The Morgan fingerprint density at radius 1 is 1.33 bits per heavy atom. The number of hydrogen-bond acceptors (Lipinski definition) is 5. The molecule has 0 radical (unpaired) electrons. The number of nitrogens with one attached hydrogen (secondary N) is 1. The van der Waals surface area contributed by atoms with Gasteiger partial charge >= 0.3 is 6.18 Å². The number of alkyl halides is 3. The Hall–Kier alpha value is -2.06. The van der Waals surface area contributed by atoms with Crippen LogP contribution in [0.25, 0.3) is 0 Å². The third kappa shape index (κ3) is 4.20. The molecular weight excluding hydrogens is 287 g/mol. The summed E-state index contributed by atoms with van der Waals surface area (Å²) < 4.78 is 37.6. The third-order valence-corrected chi connectivity index (χ3v) is 3.10. The van der Waals surface area contributed by atoms with Gasteiger partial charge in [0.1, 0.15) is 11.6 Å². The molecule has 2 heterocycles. The highest BCUT2D eigenvalue weighted by Crippen LogP contribution is 2.27. The van der Waals surface area contributed by atoms with E-state index in [1.165, 1.54) is 6.07 Å². The van der Waals surface area contributed by atoms with Crippen molar-refractivity contribution in [3.8, 4) is 0 Å². The number of rotatable bonds is 4. The van der Waals surface area contributed by atoms with Gasteiger partial charge in [-0.3, -0.25) is 4.79 Å². The Bertz CT molecular complexity index is 514. The first-order valence-electron chi connectivity index (χ1n) is 6.59. The van der Waals surface area contributed by atoms with Gasteiger partial charge < -0.3 is 16.0 Å². The van der Waals surface area contributed by atoms with Gasteiger partial charge in [0.2, 0.25) is 11.7 Å². The Morgan fingerprint density at radius 3 is 2.62 bits per heavy atom. The summed E-state index contributed by atoms with van der Waals surface area (Å²) in [6, 6.07) is 1.20. The number of carbonyl (C=O) groups excluding carboxylic acids is 1. The first-order chi connectivity index (χ1) is 9.86. The van der Waals surface area contributed by atoms with E-state index >= 15 is 0 Å².